The molecular formula is C9H14BrN3O2. The number of ketones is 1. The van der Waals surface area contributed by atoms with Gasteiger partial charge in [-0.05, 0) is 28.8 Å². The molecule has 6 heteroatoms. The molecule has 1 rings (SSSR count). The Bertz CT molecular complexity index is 352. The van der Waals surface area contributed by atoms with Gasteiger partial charge in [-0.1, -0.05) is 19.1 Å². The van der Waals surface area contributed by atoms with Gasteiger partial charge < -0.3 is 5.11 Å². The largest absolute Gasteiger partial charge is 0.382 e. The highest BCUT2D eigenvalue weighted by Crippen LogP contribution is 2.24. The fraction of sp³-hybridized carbons (Fsp3) is 0.667. The summed E-state index contributed by atoms with van der Waals surface area (Å²) in [5, 5.41) is 17.5. The first-order valence-electron chi connectivity index (χ1n) is 4.78. The maximum absolute atomic E-state index is 12.1. The summed E-state index contributed by atoms with van der Waals surface area (Å²) < 4.78 is 1.73. The highest BCUT2D eigenvalue weighted by atomic mass is 79.9. The van der Waals surface area contributed by atoms with Gasteiger partial charge in [-0.15, -0.1) is 5.10 Å². The third kappa shape index (κ3) is 2.10. The van der Waals surface area contributed by atoms with Crippen LogP contribution in [0.2, 0.25) is 0 Å². The van der Waals surface area contributed by atoms with E-state index in [0.717, 1.165) is 0 Å². The summed E-state index contributed by atoms with van der Waals surface area (Å²) in [6.45, 7) is 3.55. The normalized spacial score (nSPS) is 11.8. The standard InChI is InChI=1S/C9H14BrN3O2/c1-4-9(15,5-2)7(14)6-8(10)11-12-13(6)3/h15H,4-5H2,1-3H3. The van der Waals surface area contributed by atoms with Gasteiger partial charge in [-0.25, -0.2) is 4.68 Å². The molecule has 84 valence electrons. The molecular weight excluding hydrogens is 262 g/mol. The summed E-state index contributed by atoms with van der Waals surface area (Å²) in [5.41, 5.74) is -1.01. The van der Waals surface area contributed by atoms with Crippen LogP contribution in [0.15, 0.2) is 4.60 Å². The summed E-state index contributed by atoms with van der Waals surface area (Å²) in [6, 6.07) is 0. The molecule has 0 amide bonds. The van der Waals surface area contributed by atoms with Crippen molar-refractivity contribution >= 4 is 21.7 Å². The Labute approximate surface area is 96.6 Å². The van der Waals surface area contributed by atoms with Crippen molar-refractivity contribution in [1.29, 1.82) is 0 Å². The van der Waals surface area contributed by atoms with E-state index in [0.29, 0.717) is 23.1 Å². The molecule has 1 N–H and O–H groups in total. The molecule has 1 aromatic heterocycles. The summed E-state index contributed by atoms with van der Waals surface area (Å²) in [5.74, 6) is -0.341. The number of hydrogen-bond acceptors (Lipinski definition) is 4. The minimum atomic E-state index is -1.32. The van der Waals surface area contributed by atoms with E-state index in [1.807, 2.05) is 0 Å². The first-order chi connectivity index (χ1) is 6.96. The molecule has 0 saturated heterocycles. The van der Waals surface area contributed by atoms with E-state index in [1.165, 1.54) is 4.68 Å². The molecule has 0 unspecified atom stereocenters. The lowest BCUT2D eigenvalue weighted by atomic mass is 9.90. The quantitative estimate of drug-likeness (QED) is 0.842. The molecule has 0 aromatic carbocycles. The molecule has 0 aliphatic carbocycles. The zero-order valence-corrected chi connectivity index (χ0v) is 10.6. The van der Waals surface area contributed by atoms with Crippen LogP contribution in [0, 0.1) is 0 Å². The van der Waals surface area contributed by atoms with Crippen molar-refractivity contribution in [2.75, 3.05) is 0 Å². The van der Waals surface area contributed by atoms with Crippen molar-refractivity contribution in [2.45, 2.75) is 32.3 Å². The highest BCUT2D eigenvalue weighted by molar-refractivity contribution is 9.10. The second kappa shape index (κ2) is 4.40. The number of Topliss-reactive ketones (excluding diaryl/α,β-unsaturated/α-hetero) is 1. The fourth-order valence-corrected chi connectivity index (χ4v) is 1.87. The minimum Gasteiger partial charge on any atom is -0.382 e. The summed E-state index contributed by atoms with van der Waals surface area (Å²) >= 11 is 3.14. The molecule has 15 heavy (non-hydrogen) atoms. The summed E-state index contributed by atoms with van der Waals surface area (Å²) in [7, 11) is 1.62. The molecule has 0 aliphatic heterocycles. The SMILES string of the molecule is CCC(O)(CC)C(=O)c1c(Br)nnn1C. The van der Waals surface area contributed by atoms with Crippen molar-refractivity contribution in [3.63, 3.8) is 0 Å². The Kier molecular flexibility index (Phi) is 3.62. The average Bonchev–Trinajstić information content (AvgIpc) is 2.56. The molecule has 0 bridgehead atoms. The van der Waals surface area contributed by atoms with Crippen LogP contribution < -0.4 is 0 Å². The van der Waals surface area contributed by atoms with Crippen molar-refractivity contribution in [3.8, 4) is 0 Å². The van der Waals surface area contributed by atoms with Crippen molar-refractivity contribution in [1.82, 2.24) is 15.0 Å². The Morgan fingerprint density at radius 3 is 2.40 bits per heavy atom. The van der Waals surface area contributed by atoms with E-state index in [9.17, 15) is 9.90 Å². The van der Waals surface area contributed by atoms with Gasteiger partial charge in [-0.2, -0.15) is 0 Å². The van der Waals surface area contributed by atoms with Crippen LogP contribution in [0.5, 0.6) is 0 Å². The van der Waals surface area contributed by atoms with Crippen LogP contribution in [0.3, 0.4) is 0 Å². The third-order valence-corrected chi connectivity index (χ3v) is 3.13. The van der Waals surface area contributed by atoms with Gasteiger partial charge in [0.05, 0.1) is 0 Å². The molecule has 1 aromatic rings. The van der Waals surface area contributed by atoms with Crippen LogP contribution >= 0.6 is 15.9 Å². The van der Waals surface area contributed by atoms with Gasteiger partial charge in [-0.3, -0.25) is 4.79 Å². The predicted molar refractivity (Wildman–Crippen MR) is 58.6 cm³/mol. The number of halogens is 1. The average molecular weight is 276 g/mol. The van der Waals surface area contributed by atoms with Gasteiger partial charge in [0.2, 0.25) is 5.78 Å². The number of aliphatic hydroxyl groups is 1. The Balaban J connectivity index is 3.14. The van der Waals surface area contributed by atoms with E-state index in [-0.39, 0.29) is 5.78 Å². The van der Waals surface area contributed by atoms with E-state index in [2.05, 4.69) is 26.2 Å². The molecule has 0 atom stereocenters. The second-order valence-electron chi connectivity index (χ2n) is 3.42. The van der Waals surface area contributed by atoms with Crippen molar-refractivity contribution in [3.05, 3.63) is 10.3 Å². The van der Waals surface area contributed by atoms with Crippen LogP contribution in [0.4, 0.5) is 0 Å². The lowest BCUT2D eigenvalue weighted by Gasteiger charge is -2.22. The number of aryl methyl sites for hydroxylation is 1. The van der Waals surface area contributed by atoms with Crippen LogP contribution in [-0.4, -0.2) is 31.5 Å². The molecule has 5 nitrogen and oxygen atoms in total. The molecule has 0 radical (unpaired) electrons. The van der Waals surface area contributed by atoms with E-state index >= 15 is 0 Å². The highest BCUT2D eigenvalue weighted by Gasteiger charge is 2.36. The molecule has 0 spiro atoms. The van der Waals surface area contributed by atoms with Gasteiger partial charge in [0.25, 0.3) is 0 Å². The number of carbonyl (C=O) groups is 1. The predicted octanol–water partition coefficient (Wildman–Crippen LogP) is 1.31. The van der Waals surface area contributed by atoms with Gasteiger partial charge in [0.1, 0.15) is 11.3 Å². The third-order valence-electron chi connectivity index (χ3n) is 2.59. The molecule has 0 aliphatic rings. The van der Waals surface area contributed by atoms with E-state index in [4.69, 9.17) is 0 Å². The zero-order chi connectivity index (χ0) is 11.6. The number of nitrogens with zero attached hydrogens (tertiary/aromatic N) is 3. The lowest BCUT2D eigenvalue weighted by Crippen LogP contribution is -2.38. The van der Waals surface area contributed by atoms with Crippen LogP contribution in [-0.2, 0) is 7.05 Å². The maximum atomic E-state index is 12.1. The van der Waals surface area contributed by atoms with Gasteiger partial charge >= 0.3 is 0 Å². The first-order valence-corrected chi connectivity index (χ1v) is 5.58. The molecule has 0 saturated carbocycles. The van der Waals surface area contributed by atoms with Crippen LogP contribution in [0.25, 0.3) is 0 Å². The summed E-state index contributed by atoms with van der Waals surface area (Å²) in [4.78, 5) is 12.1. The monoisotopic (exact) mass is 275 g/mol. The Hall–Kier alpha value is -0.750. The number of aromatic nitrogens is 3. The van der Waals surface area contributed by atoms with E-state index < -0.39 is 5.60 Å². The summed E-state index contributed by atoms with van der Waals surface area (Å²) in [6.07, 6.45) is 0.750. The fourth-order valence-electron chi connectivity index (χ4n) is 1.36. The first kappa shape index (κ1) is 12.3. The van der Waals surface area contributed by atoms with Crippen molar-refractivity contribution in [2.24, 2.45) is 7.05 Å². The number of hydrogen-bond donors (Lipinski definition) is 1. The second-order valence-corrected chi connectivity index (χ2v) is 4.17. The zero-order valence-electron chi connectivity index (χ0n) is 8.99. The Morgan fingerprint density at radius 2 is 2.07 bits per heavy atom. The lowest BCUT2D eigenvalue weighted by molar-refractivity contribution is 0.0267. The maximum Gasteiger partial charge on any atom is 0.215 e. The number of carbonyl (C=O) groups excluding carboxylic acids is 1. The van der Waals surface area contributed by atoms with Gasteiger partial charge in [0, 0.05) is 7.05 Å². The smallest absolute Gasteiger partial charge is 0.215 e. The number of rotatable bonds is 4. The Morgan fingerprint density at radius 1 is 1.53 bits per heavy atom. The molecule has 0 fully saturated rings. The molecule has 1 heterocycles. The van der Waals surface area contributed by atoms with Crippen molar-refractivity contribution < 1.29 is 9.90 Å². The minimum absolute atomic E-state index is 0.307. The van der Waals surface area contributed by atoms with Crippen LogP contribution in [0.1, 0.15) is 37.2 Å². The van der Waals surface area contributed by atoms with Gasteiger partial charge in [0.15, 0.2) is 4.60 Å². The topological polar surface area (TPSA) is 68.0 Å². The van der Waals surface area contributed by atoms with E-state index in [1.54, 1.807) is 20.9 Å².